The van der Waals surface area contributed by atoms with Crippen LogP contribution >= 0.6 is 11.8 Å². The highest BCUT2D eigenvalue weighted by Gasteiger charge is 2.11. The molecule has 1 aliphatic rings. The number of nitrogen functional groups attached to an aromatic ring is 1. The molecule has 0 amide bonds. The zero-order valence-electron chi connectivity index (χ0n) is 16.0. The molecular formula is C22H23N5OS. The van der Waals surface area contributed by atoms with Crippen molar-refractivity contribution in [1.82, 2.24) is 9.97 Å². The molecule has 2 aromatic carbocycles. The Morgan fingerprint density at radius 3 is 2.48 bits per heavy atom. The Balaban J connectivity index is 1.49. The number of rotatable bonds is 6. The van der Waals surface area contributed by atoms with E-state index in [0.717, 1.165) is 53.2 Å². The lowest BCUT2D eigenvalue weighted by Crippen LogP contribution is -2.36. The fraction of sp³-hybridized carbons (Fsp3) is 0.182. The maximum atomic E-state index is 5.77. The summed E-state index contributed by atoms with van der Waals surface area (Å²) in [6, 6.07) is 16.0. The number of nitrogens with zero attached hydrogens (tertiary/aromatic N) is 3. The van der Waals surface area contributed by atoms with Gasteiger partial charge in [-0.15, -0.1) is 0 Å². The smallest absolute Gasteiger partial charge is 0.228 e. The Morgan fingerprint density at radius 2 is 1.79 bits per heavy atom. The first kappa shape index (κ1) is 19.3. The van der Waals surface area contributed by atoms with Gasteiger partial charge >= 0.3 is 0 Å². The fourth-order valence-corrected chi connectivity index (χ4v) is 3.89. The van der Waals surface area contributed by atoms with Gasteiger partial charge in [0.15, 0.2) is 0 Å². The number of aromatic nitrogens is 2. The molecule has 0 aliphatic carbocycles. The van der Waals surface area contributed by atoms with E-state index in [0.29, 0.717) is 5.95 Å². The molecule has 1 aliphatic heterocycles. The van der Waals surface area contributed by atoms with E-state index in [1.54, 1.807) is 24.0 Å². The molecule has 0 radical (unpaired) electrons. The Kier molecular flexibility index (Phi) is 5.97. The highest BCUT2D eigenvalue weighted by Crippen LogP contribution is 2.31. The van der Waals surface area contributed by atoms with Crippen LogP contribution in [0.5, 0.6) is 0 Å². The number of morpholine rings is 1. The zero-order valence-corrected chi connectivity index (χ0v) is 16.9. The molecule has 7 heteroatoms. The van der Waals surface area contributed by atoms with Gasteiger partial charge in [-0.3, -0.25) is 0 Å². The van der Waals surface area contributed by atoms with E-state index in [2.05, 4.69) is 38.9 Å². The van der Waals surface area contributed by atoms with Crippen molar-refractivity contribution in [3.8, 4) is 0 Å². The summed E-state index contributed by atoms with van der Waals surface area (Å²) in [5, 5.41) is 4.13. The third-order valence-corrected chi connectivity index (χ3v) is 5.62. The van der Waals surface area contributed by atoms with Crippen LogP contribution in [0.4, 0.5) is 23.0 Å². The van der Waals surface area contributed by atoms with Crippen LogP contribution in [0.3, 0.4) is 0 Å². The van der Waals surface area contributed by atoms with Crippen LogP contribution in [-0.4, -0.2) is 36.3 Å². The number of hydrogen-bond acceptors (Lipinski definition) is 7. The first-order valence-corrected chi connectivity index (χ1v) is 10.3. The van der Waals surface area contributed by atoms with Crippen LogP contribution in [0, 0.1) is 0 Å². The van der Waals surface area contributed by atoms with Gasteiger partial charge in [0.25, 0.3) is 0 Å². The minimum Gasteiger partial charge on any atom is -0.399 e. The normalized spacial score (nSPS) is 13.9. The Morgan fingerprint density at radius 1 is 1.07 bits per heavy atom. The predicted octanol–water partition coefficient (Wildman–Crippen LogP) is 4.43. The van der Waals surface area contributed by atoms with Crippen molar-refractivity contribution in [2.45, 2.75) is 9.92 Å². The summed E-state index contributed by atoms with van der Waals surface area (Å²) < 4.78 is 5.42. The first-order chi connectivity index (χ1) is 14.2. The van der Waals surface area contributed by atoms with E-state index in [4.69, 9.17) is 10.5 Å². The second-order valence-corrected chi connectivity index (χ2v) is 7.66. The summed E-state index contributed by atoms with van der Waals surface area (Å²) in [6.45, 7) is 7.26. The SMILES string of the molecule is C=Cc1cnc(Nc2ccc(N3CCOCC3)cc2)nc1Sc1ccc(N)cc1. The third-order valence-electron chi connectivity index (χ3n) is 4.59. The quantitative estimate of drug-likeness (QED) is 0.464. The molecule has 3 aromatic rings. The molecule has 0 unspecified atom stereocenters. The number of hydrogen-bond donors (Lipinski definition) is 2. The molecule has 3 N–H and O–H groups in total. The van der Waals surface area contributed by atoms with Crippen molar-refractivity contribution >= 4 is 40.8 Å². The van der Waals surface area contributed by atoms with Crippen molar-refractivity contribution in [1.29, 1.82) is 0 Å². The molecule has 1 fully saturated rings. The number of nitrogens with one attached hydrogen (secondary N) is 1. The summed E-state index contributed by atoms with van der Waals surface area (Å²) >= 11 is 1.56. The number of nitrogens with two attached hydrogens (primary N) is 1. The van der Waals surface area contributed by atoms with Crippen LogP contribution in [-0.2, 0) is 4.74 Å². The zero-order chi connectivity index (χ0) is 20.1. The first-order valence-electron chi connectivity index (χ1n) is 9.44. The maximum Gasteiger partial charge on any atom is 0.228 e. The van der Waals surface area contributed by atoms with E-state index >= 15 is 0 Å². The van der Waals surface area contributed by atoms with E-state index in [1.807, 2.05) is 36.4 Å². The molecule has 4 rings (SSSR count). The minimum atomic E-state index is 0.549. The third kappa shape index (κ3) is 4.88. The van der Waals surface area contributed by atoms with Gasteiger partial charge in [0.2, 0.25) is 5.95 Å². The van der Waals surface area contributed by atoms with Crippen LogP contribution in [0.1, 0.15) is 5.56 Å². The molecule has 148 valence electrons. The molecular weight excluding hydrogens is 382 g/mol. The van der Waals surface area contributed by atoms with Gasteiger partial charge in [-0.1, -0.05) is 24.4 Å². The average molecular weight is 406 g/mol. The lowest BCUT2D eigenvalue weighted by molar-refractivity contribution is 0.122. The number of benzene rings is 2. The number of anilines is 4. The molecule has 1 saturated heterocycles. The standard InChI is InChI=1S/C22H23N5OS/c1-2-16-15-24-22(26-21(16)29-20-9-3-17(23)4-10-20)25-18-5-7-19(8-6-18)27-11-13-28-14-12-27/h2-10,15H,1,11-14,23H2,(H,24,25,26). The predicted molar refractivity (Wildman–Crippen MR) is 120 cm³/mol. The molecule has 6 nitrogen and oxygen atoms in total. The lowest BCUT2D eigenvalue weighted by atomic mass is 10.2. The number of ether oxygens (including phenoxy) is 1. The highest BCUT2D eigenvalue weighted by atomic mass is 32.2. The highest BCUT2D eigenvalue weighted by molar-refractivity contribution is 7.99. The molecule has 1 aromatic heterocycles. The van der Waals surface area contributed by atoms with Gasteiger partial charge in [-0.05, 0) is 48.5 Å². The Hall–Kier alpha value is -3.03. The molecule has 0 spiro atoms. The summed E-state index contributed by atoms with van der Waals surface area (Å²) in [5.41, 5.74) is 9.54. The second-order valence-electron chi connectivity index (χ2n) is 6.60. The van der Waals surface area contributed by atoms with Gasteiger partial charge in [-0.2, -0.15) is 0 Å². The van der Waals surface area contributed by atoms with Crippen molar-refractivity contribution in [2.24, 2.45) is 0 Å². The maximum absolute atomic E-state index is 5.77. The van der Waals surface area contributed by atoms with Crippen LogP contribution in [0.2, 0.25) is 0 Å². The van der Waals surface area contributed by atoms with E-state index in [9.17, 15) is 0 Å². The van der Waals surface area contributed by atoms with E-state index < -0.39 is 0 Å². The minimum absolute atomic E-state index is 0.549. The Labute approximate surface area is 174 Å². The van der Waals surface area contributed by atoms with Crippen LogP contribution in [0.25, 0.3) is 6.08 Å². The van der Waals surface area contributed by atoms with Gasteiger partial charge in [0.1, 0.15) is 5.03 Å². The summed E-state index contributed by atoms with van der Waals surface area (Å²) in [4.78, 5) is 12.5. The Bertz CT molecular complexity index is 969. The topological polar surface area (TPSA) is 76.3 Å². The van der Waals surface area contributed by atoms with Crippen molar-refractivity contribution in [3.63, 3.8) is 0 Å². The van der Waals surface area contributed by atoms with Crippen molar-refractivity contribution in [3.05, 3.63) is 66.9 Å². The van der Waals surface area contributed by atoms with Gasteiger partial charge in [0, 0.05) is 46.8 Å². The van der Waals surface area contributed by atoms with Crippen LogP contribution in [0.15, 0.2) is 71.2 Å². The average Bonchev–Trinajstić information content (AvgIpc) is 2.77. The van der Waals surface area contributed by atoms with Crippen molar-refractivity contribution in [2.75, 3.05) is 42.3 Å². The monoisotopic (exact) mass is 405 g/mol. The second kappa shape index (κ2) is 8.98. The van der Waals surface area contributed by atoms with Crippen molar-refractivity contribution < 1.29 is 4.74 Å². The molecule has 0 bridgehead atoms. The molecule has 2 heterocycles. The fourth-order valence-electron chi connectivity index (χ4n) is 3.01. The molecule has 0 atom stereocenters. The molecule has 0 saturated carbocycles. The largest absolute Gasteiger partial charge is 0.399 e. The lowest BCUT2D eigenvalue weighted by Gasteiger charge is -2.28. The van der Waals surface area contributed by atoms with Crippen LogP contribution < -0.4 is 16.0 Å². The van der Waals surface area contributed by atoms with E-state index in [1.165, 1.54) is 5.69 Å². The van der Waals surface area contributed by atoms with E-state index in [-0.39, 0.29) is 0 Å². The molecule has 29 heavy (non-hydrogen) atoms. The van der Waals surface area contributed by atoms with Gasteiger partial charge < -0.3 is 20.7 Å². The summed E-state index contributed by atoms with van der Waals surface area (Å²) in [6.07, 6.45) is 3.55. The summed E-state index contributed by atoms with van der Waals surface area (Å²) in [7, 11) is 0. The van der Waals surface area contributed by atoms with Gasteiger partial charge in [0.05, 0.1) is 13.2 Å². The summed E-state index contributed by atoms with van der Waals surface area (Å²) in [5.74, 6) is 0.549. The van der Waals surface area contributed by atoms with Gasteiger partial charge in [-0.25, -0.2) is 9.97 Å².